The lowest BCUT2D eigenvalue weighted by Crippen LogP contribution is -2.47. The van der Waals surface area contributed by atoms with Crippen molar-refractivity contribution in [2.75, 3.05) is 37.4 Å². The van der Waals surface area contributed by atoms with E-state index in [2.05, 4.69) is 25.4 Å². The lowest BCUT2D eigenvalue weighted by Gasteiger charge is -2.37. The number of urea groups is 1. The number of hydrogen-bond donors (Lipinski definition) is 2. The minimum atomic E-state index is -4.81. The van der Waals surface area contributed by atoms with Gasteiger partial charge in [0.05, 0.1) is 17.0 Å². The number of hydrogen-bond acceptors (Lipinski definition) is 6. The number of halogens is 4. The Hall–Kier alpha value is -4.22. The molecule has 0 radical (unpaired) electrons. The molecule has 1 saturated heterocycles. The van der Waals surface area contributed by atoms with Crippen LogP contribution in [0.25, 0.3) is 10.8 Å². The van der Waals surface area contributed by atoms with Crippen molar-refractivity contribution in [2.24, 2.45) is 10.7 Å². The van der Waals surface area contributed by atoms with Crippen LogP contribution in [-0.4, -0.2) is 60.1 Å². The normalized spacial score (nSPS) is 15.3. The molecule has 2 aromatic carbocycles. The summed E-state index contributed by atoms with van der Waals surface area (Å²) in [5.41, 5.74) is 5.04. The lowest BCUT2D eigenvalue weighted by atomic mass is 10.0. The van der Waals surface area contributed by atoms with Gasteiger partial charge in [-0.05, 0) is 43.3 Å². The largest absolute Gasteiger partial charge is 0.418 e. The Morgan fingerprint density at radius 2 is 1.84 bits per heavy atom. The molecule has 12 heteroatoms. The minimum absolute atomic E-state index is 0.215. The first-order valence-electron chi connectivity index (χ1n) is 11.9. The molecular weight excluding hydrogens is 502 g/mol. The highest BCUT2D eigenvalue weighted by Crippen LogP contribution is 2.36. The SMILES string of the molecule is CN=C(C=CN)c1nnc(N2CCC(N(C)C(=O)Nc3ccc(F)cc3C(F)(F)F)CC2)c2ccccc12. The maximum atomic E-state index is 13.4. The van der Waals surface area contributed by atoms with E-state index < -0.39 is 29.3 Å². The predicted octanol–water partition coefficient (Wildman–Crippen LogP) is 4.81. The molecule has 0 spiro atoms. The van der Waals surface area contributed by atoms with Gasteiger partial charge < -0.3 is 20.9 Å². The molecule has 0 atom stereocenters. The fourth-order valence-corrected chi connectivity index (χ4v) is 4.56. The van der Waals surface area contributed by atoms with E-state index >= 15 is 0 Å². The molecule has 3 N–H and O–H groups in total. The minimum Gasteiger partial charge on any atom is -0.405 e. The number of nitrogens with zero attached hydrogens (tertiary/aromatic N) is 5. The van der Waals surface area contributed by atoms with Gasteiger partial charge >= 0.3 is 12.2 Å². The van der Waals surface area contributed by atoms with Gasteiger partial charge in [0.25, 0.3) is 0 Å². The first-order chi connectivity index (χ1) is 18.1. The van der Waals surface area contributed by atoms with E-state index in [4.69, 9.17) is 5.73 Å². The number of aromatic nitrogens is 2. The van der Waals surface area contributed by atoms with Gasteiger partial charge in [0, 0.05) is 44.0 Å². The highest BCUT2D eigenvalue weighted by Gasteiger charge is 2.35. The number of piperidine rings is 1. The Bertz CT molecular complexity index is 1380. The molecule has 0 bridgehead atoms. The third kappa shape index (κ3) is 5.53. The Labute approximate surface area is 216 Å². The Kier molecular flexibility index (Phi) is 7.79. The second-order valence-corrected chi connectivity index (χ2v) is 8.83. The van der Waals surface area contributed by atoms with E-state index in [0.717, 1.165) is 22.9 Å². The summed E-state index contributed by atoms with van der Waals surface area (Å²) in [6.45, 7) is 1.12. The summed E-state index contributed by atoms with van der Waals surface area (Å²) >= 11 is 0. The van der Waals surface area contributed by atoms with Crippen molar-refractivity contribution in [3.05, 3.63) is 71.8 Å². The van der Waals surface area contributed by atoms with Crippen LogP contribution in [0, 0.1) is 5.82 Å². The molecule has 1 fully saturated rings. The summed E-state index contributed by atoms with van der Waals surface area (Å²) in [5.74, 6) is -0.336. The van der Waals surface area contributed by atoms with Gasteiger partial charge in [-0.3, -0.25) is 4.99 Å². The topological polar surface area (TPSA) is 99.7 Å². The van der Waals surface area contributed by atoms with Gasteiger partial charge in [0.15, 0.2) is 5.82 Å². The average Bonchev–Trinajstić information content (AvgIpc) is 2.91. The summed E-state index contributed by atoms with van der Waals surface area (Å²) in [6.07, 6.45) is -0.627. The number of nitrogens with one attached hydrogen (secondary N) is 1. The molecule has 0 saturated carbocycles. The van der Waals surface area contributed by atoms with Gasteiger partial charge in [-0.25, -0.2) is 9.18 Å². The fourth-order valence-electron chi connectivity index (χ4n) is 4.56. The number of amides is 2. The molecule has 0 aliphatic carbocycles. The van der Waals surface area contributed by atoms with Crippen LogP contribution >= 0.6 is 0 Å². The van der Waals surface area contributed by atoms with Crippen molar-refractivity contribution in [3.63, 3.8) is 0 Å². The number of carbonyl (C=O) groups excluding carboxylic acids is 1. The molecule has 1 aromatic heterocycles. The molecule has 38 heavy (non-hydrogen) atoms. The van der Waals surface area contributed by atoms with Crippen LogP contribution in [0.3, 0.4) is 0 Å². The summed E-state index contributed by atoms with van der Waals surface area (Å²) in [7, 11) is 3.18. The van der Waals surface area contributed by atoms with E-state index in [-0.39, 0.29) is 6.04 Å². The number of aliphatic imine (C=N–C) groups is 1. The van der Waals surface area contributed by atoms with E-state index in [1.807, 2.05) is 24.3 Å². The first-order valence-corrected chi connectivity index (χ1v) is 11.9. The third-order valence-corrected chi connectivity index (χ3v) is 6.57. The van der Waals surface area contributed by atoms with Gasteiger partial charge in [-0.2, -0.15) is 13.2 Å². The van der Waals surface area contributed by atoms with E-state index in [1.54, 1.807) is 13.1 Å². The van der Waals surface area contributed by atoms with Crippen LogP contribution in [-0.2, 0) is 6.18 Å². The van der Waals surface area contributed by atoms with Gasteiger partial charge in [0.2, 0.25) is 0 Å². The molecule has 4 rings (SSSR count). The fraction of sp³-hybridized carbons (Fsp3) is 0.308. The van der Waals surface area contributed by atoms with Crippen molar-refractivity contribution >= 4 is 34.0 Å². The molecule has 3 aromatic rings. The number of benzene rings is 2. The van der Waals surface area contributed by atoms with Crippen LogP contribution in [0.2, 0.25) is 0 Å². The molecule has 1 aliphatic heterocycles. The zero-order valence-electron chi connectivity index (χ0n) is 20.8. The molecule has 1 aliphatic rings. The number of anilines is 2. The van der Waals surface area contributed by atoms with Crippen molar-refractivity contribution in [3.8, 4) is 0 Å². The standard InChI is InChI=1S/C26H27F4N7O/c1-32-22(9-12-31)23-18-5-3-4-6-19(18)24(35-34-23)37-13-10-17(11-14-37)36(2)25(38)33-21-8-7-16(27)15-20(21)26(28,29)30/h3-9,12,15,17H,10-11,13-14,31H2,1-2H3,(H,33,38). The van der Waals surface area contributed by atoms with Crippen LogP contribution < -0.4 is 16.0 Å². The van der Waals surface area contributed by atoms with Crippen molar-refractivity contribution in [1.82, 2.24) is 15.1 Å². The predicted molar refractivity (Wildman–Crippen MR) is 139 cm³/mol. The van der Waals surface area contributed by atoms with Crippen LogP contribution in [0.1, 0.15) is 24.1 Å². The summed E-state index contributed by atoms with van der Waals surface area (Å²) < 4.78 is 53.3. The summed E-state index contributed by atoms with van der Waals surface area (Å²) in [4.78, 5) is 20.5. The number of allylic oxidation sites excluding steroid dienone is 1. The second kappa shape index (κ2) is 11.0. The smallest absolute Gasteiger partial charge is 0.405 e. The van der Waals surface area contributed by atoms with Crippen molar-refractivity contribution in [2.45, 2.75) is 25.1 Å². The van der Waals surface area contributed by atoms with E-state index in [0.29, 0.717) is 49.2 Å². The van der Waals surface area contributed by atoms with Crippen LogP contribution in [0.5, 0.6) is 0 Å². The summed E-state index contributed by atoms with van der Waals surface area (Å²) in [6, 6.07) is 8.95. The van der Waals surface area contributed by atoms with Crippen molar-refractivity contribution < 1.29 is 22.4 Å². The molecule has 2 amide bonds. The van der Waals surface area contributed by atoms with E-state index in [1.165, 1.54) is 18.1 Å². The van der Waals surface area contributed by atoms with Gasteiger partial charge in [0.1, 0.15) is 11.5 Å². The molecule has 200 valence electrons. The van der Waals surface area contributed by atoms with Gasteiger partial charge in [-0.15, -0.1) is 10.2 Å². The number of nitrogens with two attached hydrogens (primary N) is 1. The highest BCUT2D eigenvalue weighted by molar-refractivity contribution is 6.15. The zero-order valence-corrected chi connectivity index (χ0v) is 20.8. The Morgan fingerprint density at radius 3 is 2.47 bits per heavy atom. The molecule has 2 heterocycles. The number of fused-ring (bicyclic) bond motifs is 1. The molecule has 0 unspecified atom stereocenters. The second-order valence-electron chi connectivity index (χ2n) is 8.83. The monoisotopic (exact) mass is 529 g/mol. The Balaban J connectivity index is 1.48. The quantitative estimate of drug-likeness (QED) is 0.365. The van der Waals surface area contributed by atoms with Crippen molar-refractivity contribution in [1.29, 1.82) is 0 Å². The highest BCUT2D eigenvalue weighted by atomic mass is 19.4. The van der Waals surface area contributed by atoms with Crippen LogP contribution in [0.4, 0.5) is 33.9 Å². The third-order valence-electron chi connectivity index (χ3n) is 6.57. The maximum Gasteiger partial charge on any atom is 0.418 e. The average molecular weight is 530 g/mol. The summed E-state index contributed by atoms with van der Waals surface area (Å²) in [5, 5.41) is 12.9. The molecule has 8 nitrogen and oxygen atoms in total. The number of carbonyl (C=O) groups is 1. The maximum absolute atomic E-state index is 13.4. The molecular formula is C26H27F4N7O. The van der Waals surface area contributed by atoms with E-state index in [9.17, 15) is 22.4 Å². The zero-order chi connectivity index (χ0) is 27.4. The van der Waals surface area contributed by atoms with Crippen LogP contribution in [0.15, 0.2) is 59.7 Å². The first kappa shape index (κ1) is 26.8. The lowest BCUT2D eigenvalue weighted by molar-refractivity contribution is -0.137. The number of rotatable bonds is 5. The van der Waals surface area contributed by atoms with Gasteiger partial charge in [-0.1, -0.05) is 24.3 Å². The Morgan fingerprint density at radius 1 is 1.16 bits per heavy atom. The number of alkyl halides is 3.